The van der Waals surface area contributed by atoms with Gasteiger partial charge in [-0.15, -0.1) is 0 Å². The fourth-order valence-electron chi connectivity index (χ4n) is 6.73. The van der Waals surface area contributed by atoms with Crippen molar-refractivity contribution in [2.75, 3.05) is 19.8 Å². The zero-order valence-corrected chi connectivity index (χ0v) is 37.0. The van der Waals surface area contributed by atoms with E-state index in [2.05, 4.69) is 62.5 Å². The van der Waals surface area contributed by atoms with Crippen LogP contribution in [0.4, 0.5) is 0 Å². The van der Waals surface area contributed by atoms with E-state index in [0.717, 1.165) is 51.4 Å². The van der Waals surface area contributed by atoms with Gasteiger partial charge in [0.05, 0.1) is 13.2 Å². The maximum Gasteiger partial charge on any atom is 0.306 e. The molecule has 0 spiro atoms. The van der Waals surface area contributed by atoms with Crippen LogP contribution in [0.15, 0.2) is 60.8 Å². The quantitative estimate of drug-likeness (QED) is 0.0269. The Morgan fingerprint density at radius 3 is 1.58 bits per heavy atom. The zero-order chi connectivity index (χ0) is 43.0. The molecular formula is C49H84O10. The minimum absolute atomic E-state index is 0.122. The number of unbranched alkanes of at least 4 members (excludes halogenated alkanes) is 17. The van der Waals surface area contributed by atoms with E-state index >= 15 is 0 Å². The van der Waals surface area contributed by atoms with E-state index in [-0.39, 0.29) is 26.1 Å². The van der Waals surface area contributed by atoms with Crippen LogP contribution in [0.2, 0.25) is 0 Å². The van der Waals surface area contributed by atoms with Gasteiger partial charge in [-0.3, -0.25) is 9.59 Å². The second-order valence-electron chi connectivity index (χ2n) is 15.8. The molecule has 1 rings (SSSR count). The summed E-state index contributed by atoms with van der Waals surface area (Å²) in [5.74, 6) is -0.890. The Hall–Kier alpha value is -2.60. The Labute approximate surface area is 358 Å². The smallest absolute Gasteiger partial charge is 0.306 e. The van der Waals surface area contributed by atoms with Crippen molar-refractivity contribution in [1.82, 2.24) is 0 Å². The third-order valence-electron chi connectivity index (χ3n) is 10.4. The largest absolute Gasteiger partial charge is 0.462 e. The van der Waals surface area contributed by atoms with Crippen LogP contribution in [-0.2, 0) is 28.5 Å². The van der Waals surface area contributed by atoms with Gasteiger partial charge in [-0.2, -0.15) is 0 Å². The molecule has 0 bridgehead atoms. The van der Waals surface area contributed by atoms with E-state index in [0.29, 0.717) is 12.8 Å². The molecule has 59 heavy (non-hydrogen) atoms. The van der Waals surface area contributed by atoms with E-state index in [1.807, 2.05) is 12.2 Å². The molecule has 10 heteroatoms. The van der Waals surface area contributed by atoms with Crippen molar-refractivity contribution in [3.8, 4) is 0 Å². The monoisotopic (exact) mass is 833 g/mol. The van der Waals surface area contributed by atoms with Crippen molar-refractivity contribution in [3.05, 3.63) is 60.8 Å². The molecule has 1 heterocycles. The van der Waals surface area contributed by atoms with Gasteiger partial charge >= 0.3 is 11.9 Å². The van der Waals surface area contributed by atoms with Crippen LogP contribution in [0, 0.1) is 0 Å². The fraction of sp³-hybridized carbons (Fsp3) is 0.755. The van der Waals surface area contributed by atoms with Crippen LogP contribution in [0.3, 0.4) is 0 Å². The predicted molar refractivity (Wildman–Crippen MR) is 238 cm³/mol. The van der Waals surface area contributed by atoms with E-state index in [1.54, 1.807) is 0 Å². The Morgan fingerprint density at radius 1 is 0.542 bits per heavy atom. The number of ether oxygens (including phenoxy) is 4. The lowest BCUT2D eigenvalue weighted by Crippen LogP contribution is -2.59. The van der Waals surface area contributed by atoms with Gasteiger partial charge in [0.25, 0.3) is 0 Å². The normalized spacial score (nSPS) is 20.5. The summed E-state index contributed by atoms with van der Waals surface area (Å²) in [5.41, 5.74) is 0. The molecule has 0 aromatic heterocycles. The topological polar surface area (TPSA) is 152 Å². The summed E-state index contributed by atoms with van der Waals surface area (Å²) >= 11 is 0. The van der Waals surface area contributed by atoms with Gasteiger partial charge < -0.3 is 39.4 Å². The molecule has 0 radical (unpaired) electrons. The first kappa shape index (κ1) is 54.4. The molecule has 6 atom stereocenters. The van der Waals surface area contributed by atoms with Crippen molar-refractivity contribution in [2.24, 2.45) is 0 Å². The third-order valence-corrected chi connectivity index (χ3v) is 10.4. The van der Waals surface area contributed by atoms with Gasteiger partial charge in [-0.05, 0) is 64.2 Å². The van der Waals surface area contributed by atoms with Crippen molar-refractivity contribution in [3.63, 3.8) is 0 Å². The number of hydrogen-bond acceptors (Lipinski definition) is 10. The number of allylic oxidation sites excluding steroid dienone is 10. The molecule has 10 nitrogen and oxygen atoms in total. The molecule has 3 unspecified atom stereocenters. The zero-order valence-electron chi connectivity index (χ0n) is 37.0. The molecule has 0 aromatic rings. The van der Waals surface area contributed by atoms with Crippen molar-refractivity contribution in [1.29, 1.82) is 0 Å². The lowest BCUT2D eigenvalue weighted by molar-refractivity contribution is -0.305. The van der Waals surface area contributed by atoms with Crippen LogP contribution < -0.4 is 0 Å². The average molecular weight is 833 g/mol. The van der Waals surface area contributed by atoms with E-state index in [4.69, 9.17) is 18.9 Å². The number of hydrogen-bond donors (Lipinski definition) is 4. The highest BCUT2D eigenvalue weighted by Crippen LogP contribution is 2.22. The molecule has 4 N–H and O–H groups in total. The molecule has 340 valence electrons. The summed E-state index contributed by atoms with van der Waals surface area (Å²) in [4.78, 5) is 25.3. The predicted octanol–water partition coefficient (Wildman–Crippen LogP) is 10.2. The van der Waals surface area contributed by atoms with Crippen molar-refractivity contribution >= 4 is 11.9 Å². The van der Waals surface area contributed by atoms with Crippen LogP contribution in [0.1, 0.15) is 181 Å². The molecular weight excluding hydrogens is 749 g/mol. The summed E-state index contributed by atoms with van der Waals surface area (Å²) < 4.78 is 22.1. The summed E-state index contributed by atoms with van der Waals surface area (Å²) in [6.45, 7) is 3.24. The molecule has 0 amide bonds. The maximum absolute atomic E-state index is 12.7. The second kappa shape index (κ2) is 39.5. The second-order valence-corrected chi connectivity index (χ2v) is 15.8. The summed E-state index contributed by atoms with van der Waals surface area (Å²) in [6.07, 6.45) is 41.0. The number of aliphatic hydroxyl groups is 4. The van der Waals surface area contributed by atoms with Crippen LogP contribution >= 0.6 is 0 Å². The lowest BCUT2D eigenvalue weighted by Gasteiger charge is -2.39. The fourth-order valence-corrected chi connectivity index (χ4v) is 6.73. The Balaban J connectivity index is 2.30. The van der Waals surface area contributed by atoms with E-state index in [1.165, 1.54) is 89.9 Å². The minimum Gasteiger partial charge on any atom is -0.462 e. The Morgan fingerprint density at radius 2 is 1.03 bits per heavy atom. The van der Waals surface area contributed by atoms with Gasteiger partial charge in [0.2, 0.25) is 0 Å². The van der Waals surface area contributed by atoms with Crippen molar-refractivity contribution in [2.45, 2.75) is 218 Å². The van der Waals surface area contributed by atoms with E-state index < -0.39 is 55.4 Å². The standard InChI is InChI=1S/C49H84O10/c1-3-5-7-9-11-13-15-17-18-19-20-21-22-23-24-26-27-29-31-33-35-37-44(51)56-40-42(41-57-49-48(55)47(54)46(53)43(39-50)59-49)58-45(52)38-36-34-32-30-28-25-16-14-12-10-8-6-4-2/h5,7,11,13,17-18,25,28,32,34,42-43,46-50,53-55H,3-4,6,8-10,12,14-16,19-24,26-27,29-31,33,35-41H2,1-2H3/b7-5+,13-11+,18-17+,28-25+,34-32+/t42?,43-,46+,47?,48?,49-/m0/s1. The first-order valence-corrected chi connectivity index (χ1v) is 23.4. The molecule has 1 saturated heterocycles. The van der Waals surface area contributed by atoms with Crippen molar-refractivity contribution < 1.29 is 49.0 Å². The minimum atomic E-state index is -1.61. The highest BCUT2D eigenvalue weighted by molar-refractivity contribution is 5.70. The maximum atomic E-state index is 12.7. The number of rotatable bonds is 38. The molecule has 1 aliphatic rings. The number of carbonyl (C=O) groups excluding carboxylic acids is 2. The molecule has 0 aliphatic carbocycles. The highest BCUT2D eigenvalue weighted by atomic mass is 16.7. The van der Waals surface area contributed by atoms with Gasteiger partial charge in [-0.25, -0.2) is 0 Å². The van der Waals surface area contributed by atoms with Gasteiger partial charge in [-0.1, -0.05) is 164 Å². The SMILES string of the molecule is CC/C=C/C/C=C/C/C=C/CCCCCCCCCCCCCC(=O)OCC(CO[C@H]1O[C@@H](CO)[C@@H](O)C(O)C1O)OC(=O)CC/C=C/C/C=C/CCCCCCCC. The number of esters is 2. The summed E-state index contributed by atoms with van der Waals surface area (Å²) in [7, 11) is 0. The molecule has 1 aliphatic heterocycles. The average Bonchev–Trinajstić information content (AvgIpc) is 3.23. The van der Waals surface area contributed by atoms with Crippen LogP contribution in [0.5, 0.6) is 0 Å². The highest BCUT2D eigenvalue weighted by Gasteiger charge is 2.44. The lowest BCUT2D eigenvalue weighted by atomic mass is 9.99. The summed E-state index contributed by atoms with van der Waals surface area (Å²) in [6, 6.07) is 0. The van der Waals surface area contributed by atoms with Gasteiger partial charge in [0.15, 0.2) is 12.4 Å². The third kappa shape index (κ3) is 31.0. The number of aliphatic hydroxyl groups excluding tert-OH is 4. The molecule has 0 aromatic carbocycles. The Bertz CT molecular complexity index is 1150. The molecule has 1 fully saturated rings. The van der Waals surface area contributed by atoms with E-state index in [9.17, 15) is 30.0 Å². The first-order chi connectivity index (χ1) is 28.8. The van der Waals surface area contributed by atoms with Crippen LogP contribution in [-0.4, -0.2) is 89.0 Å². The number of carbonyl (C=O) groups is 2. The Kier molecular flexibility index (Phi) is 36.5. The van der Waals surface area contributed by atoms with Gasteiger partial charge in [0, 0.05) is 12.8 Å². The van der Waals surface area contributed by atoms with Gasteiger partial charge in [0.1, 0.15) is 31.0 Å². The van der Waals surface area contributed by atoms with Crippen LogP contribution in [0.25, 0.3) is 0 Å². The molecule has 0 saturated carbocycles. The summed E-state index contributed by atoms with van der Waals surface area (Å²) in [5, 5.41) is 40.1. The first-order valence-electron chi connectivity index (χ1n) is 23.4.